The fourth-order valence-corrected chi connectivity index (χ4v) is 3.64. The summed E-state index contributed by atoms with van der Waals surface area (Å²) < 4.78 is 5.20. The Labute approximate surface area is 167 Å². The number of anilines is 1. The summed E-state index contributed by atoms with van der Waals surface area (Å²) >= 11 is 5.90. The summed E-state index contributed by atoms with van der Waals surface area (Å²) in [5.41, 5.74) is 0.905. The van der Waals surface area contributed by atoms with Crippen molar-refractivity contribution in [2.45, 2.75) is 31.3 Å². The number of carbonyl (C=O) groups excluding carboxylic acids is 3. The molecule has 0 N–H and O–H groups in total. The van der Waals surface area contributed by atoms with E-state index in [9.17, 15) is 14.4 Å². The molecule has 1 saturated heterocycles. The Balaban J connectivity index is 1.63. The van der Waals surface area contributed by atoms with Crippen LogP contribution in [0.5, 0.6) is 5.75 Å². The van der Waals surface area contributed by atoms with Crippen molar-refractivity contribution in [2.24, 2.45) is 0 Å². The van der Waals surface area contributed by atoms with Crippen LogP contribution in [-0.4, -0.2) is 41.8 Å². The van der Waals surface area contributed by atoms with Gasteiger partial charge in [-0.25, -0.2) is 4.90 Å². The first kappa shape index (κ1) is 18.5. The Hall–Kier alpha value is -2.86. The summed E-state index contributed by atoms with van der Waals surface area (Å²) in [7, 11) is 1.53. The van der Waals surface area contributed by atoms with Crippen LogP contribution in [0.4, 0.5) is 5.69 Å². The highest BCUT2D eigenvalue weighted by molar-refractivity contribution is 6.31. The van der Waals surface area contributed by atoms with Crippen LogP contribution in [0, 0.1) is 0 Å². The normalized spacial score (nSPS) is 19.1. The molecule has 28 heavy (non-hydrogen) atoms. The summed E-state index contributed by atoms with van der Waals surface area (Å²) in [6.45, 7) is 0. The lowest BCUT2D eigenvalue weighted by Crippen LogP contribution is -2.46. The van der Waals surface area contributed by atoms with Crippen LogP contribution in [0.25, 0.3) is 0 Å². The number of amides is 3. The number of halogens is 1. The number of nitrogens with zero attached hydrogens (tertiary/aromatic N) is 2. The molecule has 144 valence electrons. The van der Waals surface area contributed by atoms with E-state index in [-0.39, 0.29) is 30.2 Å². The SMILES string of the molecule is COc1cccc(C(=O)N(C2CC2)C2CC(=O)N(c3ccc(Cl)cc3)C2=O)c1. The molecule has 1 aliphatic heterocycles. The van der Waals surface area contributed by atoms with E-state index in [1.54, 1.807) is 53.4 Å². The van der Waals surface area contributed by atoms with E-state index in [1.807, 2.05) is 0 Å². The number of imide groups is 1. The molecule has 0 aromatic heterocycles. The van der Waals surface area contributed by atoms with Crippen LogP contribution in [0.3, 0.4) is 0 Å². The first-order chi connectivity index (χ1) is 13.5. The van der Waals surface area contributed by atoms with Gasteiger partial charge >= 0.3 is 0 Å². The largest absolute Gasteiger partial charge is 0.497 e. The fraction of sp³-hybridized carbons (Fsp3) is 0.286. The van der Waals surface area contributed by atoms with Crippen LogP contribution in [-0.2, 0) is 9.59 Å². The molecule has 1 heterocycles. The first-order valence-electron chi connectivity index (χ1n) is 9.08. The molecule has 6 nitrogen and oxygen atoms in total. The molecule has 1 saturated carbocycles. The summed E-state index contributed by atoms with van der Waals surface area (Å²) in [6, 6.07) is 12.5. The van der Waals surface area contributed by atoms with Gasteiger partial charge in [0.05, 0.1) is 19.2 Å². The topological polar surface area (TPSA) is 66.9 Å². The molecule has 0 spiro atoms. The average Bonchev–Trinajstić information content (AvgIpc) is 3.49. The Morgan fingerprint density at radius 3 is 2.50 bits per heavy atom. The van der Waals surface area contributed by atoms with Gasteiger partial charge in [0.2, 0.25) is 5.91 Å². The van der Waals surface area contributed by atoms with Crippen molar-refractivity contribution >= 4 is 35.0 Å². The van der Waals surface area contributed by atoms with E-state index in [0.717, 1.165) is 17.7 Å². The van der Waals surface area contributed by atoms with E-state index >= 15 is 0 Å². The van der Waals surface area contributed by atoms with Gasteiger partial charge in [0.15, 0.2) is 0 Å². The quantitative estimate of drug-likeness (QED) is 0.725. The molecule has 0 radical (unpaired) electrons. The number of ether oxygens (including phenoxy) is 1. The van der Waals surface area contributed by atoms with Crippen LogP contribution in [0.1, 0.15) is 29.6 Å². The molecule has 1 aliphatic carbocycles. The van der Waals surface area contributed by atoms with Gasteiger partial charge in [-0.05, 0) is 55.3 Å². The standard InChI is InChI=1S/C21H19ClN2O4/c1-28-17-4-2-3-13(11-17)20(26)23(15-9-10-15)18-12-19(25)24(21(18)27)16-7-5-14(22)6-8-16/h2-8,11,15,18H,9-10,12H2,1H3. The number of hydrogen-bond acceptors (Lipinski definition) is 4. The second-order valence-electron chi connectivity index (χ2n) is 6.94. The Morgan fingerprint density at radius 2 is 1.86 bits per heavy atom. The van der Waals surface area contributed by atoms with Gasteiger partial charge in [-0.1, -0.05) is 17.7 Å². The molecule has 2 aromatic carbocycles. The third-order valence-corrected chi connectivity index (χ3v) is 5.29. The minimum atomic E-state index is -0.797. The fourth-order valence-electron chi connectivity index (χ4n) is 3.51. The lowest BCUT2D eigenvalue weighted by atomic mass is 10.1. The second kappa shape index (κ2) is 7.28. The lowest BCUT2D eigenvalue weighted by Gasteiger charge is -2.28. The maximum Gasteiger partial charge on any atom is 0.257 e. The summed E-state index contributed by atoms with van der Waals surface area (Å²) in [5, 5.41) is 0.521. The second-order valence-corrected chi connectivity index (χ2v) is 7.38. The lowest BCUT2D eigenvalue weighted by molar-refractivity contribution is -0.122. The molecule has 3 amide bonds. The number of carbonyl (C=O) groups is 3. The Morgan fingerprint density at radius 1 is 1.14 bits per heavy atom. The maximum atomic E-state index is 13.2. The van der Waals surface area contributed by atoms with Gasteiger partial charge < -0.3 is 9.64 Å². The van der Waals surface area contributed by atoms with Crippen LogP contribution in [0.15, 0.2) is 48.5 Å². The predicted molar refractivity (Wildman–Crippen MR) is 105 cm³/mol. The van der Waals surface area contributed by atoms with Gasteiger partial charge in [0.1, 0.15) is 11.8 Å². The molecule has 2 aliphatic rings. The van der Waals surface area contributed by atoms with Gasteiger partial charge in [0, 0.05) is 16.6 Å². The van der Waals surface area contributed by atoms with Gasteiger partial charge in [0.25, 0.3) is 11.8 Å². The average molecular weight is 399 g/mol. The first-order valence-corrected chi connectivity index (χ1v) is 9.46. The molecule has 7 heteroatoms. The van der Waals surface area contributed by atoms with Crippen molar-refractivity contribution in [3.05, 3.63) is 59.1 Å². The van der Waals surface area contributed by atoms with Gasteiger partial charge in [-0.2, -0.15) is 0 Å². The highest BCUT2D eigenvalue weighted by Crippen LogP contribution is 2.35. The van der Waals surface area contributed by atoms with Crippen LogP contribution < -0.4 is 9.64 Å². The van der Waals surface area contributed by atoms with Crippen molar-refractivity contribution in [2.75, 3.05) is 12.0 Å². The van der Waals surface area contributed by atoms with Crippen molar-refractivity contribution in [1.29, 1.82) is 0 Å². The summed E-state index contributed by atoms with van der Waals surface area (Å²) in [5.74, 6) is -0.388. The Bertz CT molecular complexity index is 940. The van der Waals surface area contributed by atoms with E-state index in [0.29, 0.717) is 22.0 Å². The predicted octanol–water partition coefficient (Wildman–Crippen LogP) is 3.29. The van der Waals surface area contributed by atoms with E-state index in [2.05, 4.69) is 0 Å². The zero-order chi connectivity index (χ0) is 19.8. The van der Waals surface area contributed by atoms with E-state index < -0.39 is 6.04 Å². The third kappa shape index (κ3) is 3.36. The van der Waals surface area contributed by atoms with Crippen molar-refractivity contribution in [3.63, 3.8) is 0 Å². The van der Waals surface area contributed by atoms with E-state index in [1.165, 1.54) is 7.11 Å². The zero-order valence-corrected chi connectivity index (χ0v) is 16.1. The molecule has 4 rings (SSSR count). The molecule has 1 atom stereocenters. The molecule has 2 fully saturated rings. The molecule has 0 bridgehead atoms. The van der Waals surface area contributed by atoms with Gasteiger partial charge in [-0.3, -0.25) is 14.4 Å². The summed E-state index contributed by atoms with van der Waals surface area (Å²) in [6.07, 6.45) is 1.64. The highest BCUT2D eigenvalue weighted by Gasteiger charge is 2.48. The van der Waals surface area contributed by atoms with Crippen molar-refractivity contribution < 1.29 is 19.1 Å². The van der Waals surface area contributed by atoms with Crippen molar-refractivity contribution in [3.8, 4) is 5.75 Å². The number of benzene rings is 2. The highest BCUT2D eigenvalue weighted by atomic mass is 35.5. The smallest absolute Gasteiger partial charge is 0.257 e. The maximum absolute atomic E-state index is 13.2. The number of hydrogen-bond donors (Lipinski definition) is 0. The molecule has 1 unspecified atom stereocenters. The third-order valence-electron chi connectivity index (χ3n) is 5.03. The van der Waals surface area contributed by atoms with Crippen LogP contribution >= 0.6 is 11.6 Å². The Kier molecular flexibility index (Phi) is 4.81. The number of methoxy groups -OCH3 is 1. The van der Waals surface area contributed by atoms with Gasteiger partial charge in [-0.15, -0.1) is 0 Å². The number of rotatable bonds is 5. The van der Waals surface area contributed by atoms with E-state index in [4.69, 9.17) is 16.3 Å². The summed E-state index contributed by atoms with van der Waals surface area (Å²) in [4.78, 5) is 41.6. The molecule has 2 aromatic rings. The minimum absolute atomic E-state index is 0.0202. The minimum Gasteiger partial charge on any atom is -0.497 e. The zero-order valence-electron chi connectivity index (χ0n) is 15.3. The monoisotopic (exact) mass is 398 g/mol. The molecular weight excluding hydrogens is 380 g/mol. The van der Waals surface area contributed by atoms with Crippen molar-refractivity contribution in [1.82, 2.24) is 4.90 Å². The van der Waals surface area contributed by atoms with Crippen LogP contribution in [0.2, 0.25) is 5.02 Å². The molecular formula is C21H19ClN2O4.